The summed E-state index contributed by atoms with van der Waals surface area (Å²) in [4.78, 5) is 25.9. The minimum absolute atomic E-state index is 0.193. The van der Waals surface area contributed by atoms with Crippen LogP contribution in [0.15, 0.2) is 59.1 Å². The highest BCUT2D eigenvalue weighted by atomic mass is 79.9. The Labute approximate surface area is 154 Å². The Hall–Kier alpha value is -2.38. The van der Waals surface area contributed by atoms with Gasteiger partial charge in [-0.2, -0.15) is 0 Å². The number of benzene rings is 2. The molecule has 1 fully saturated rings. The van der Waals surface area contributed by atoms with Gasteiger partial charge in [-0.05, 0) is 29.8 Å². The van der Waals surface area contributed by atoms with E-state index in [9.17, 15) is 9.59 Å². The van der Waals surface area contributed by atoms with Crippen LogP contribution in [-0.4, -0.2) is 36.5 Å². The number of hydrogen-bond acceptors (Lipinski definition) is 3. The summed E-state index contributed by atoms with van der Waals surface area (Å²) in [6, 6.07) is 16.2. The van der Waals surface area contributed by atoms with Crippen molar-refractivity contribution in [2.45, 2.75) is 6.10 Å². The van der Waals surface area contributed by atoms with Crippen molar-refractivity contribution in [3.05, 3.63) is 70.2 Å². The molecule has 1 heterocycles. The van der Waals surface area contributed by atoms with Crippen LogP contribution in [0.4, 0.5) is 4.79 Å². The van der Waals surface area contributed by atoms with Crippen molar-refractivity contribution in [1.82, 2.24) is 15.8 Å². The van der Waals surface area contributed by atoms with E-state index in [1.54, 1.807) is 29.2 Å². The molecule has 25 heavy (non-hydrogen) atoms. The summed E-state index contributed by atoms with van der Waals surface area (Å²) in [7, 11) is 0. The number of nitrogens with zero attached hydrogens (tertiary/aromatic N) is 1. The zero-order chi connectivity index (χ0) is 17.6. The van der Waals surface area contributed by atoms with Crippen LogP contribution in [0.25, 0.3) is 0 Å². The van der Waals surface area contributed by atoms with E-state index >= 15 is 0 Å². The number of morpholine rings is 1. The SMILES string of the molecule is O=C(NNC(=O)N1CCOC(c2cccc(Br)c2)C1)c1ccccc1. The minimum atomic E-state index is -0.356. The number of urea groups is 1. The van der Waals surface area contributed by atoms with Gasteiger partial charge in [0, 0.05) is 16.6 Å². The smallest absolute Gasteiger partial charge is 0.336 e. The van der Waals surface area contributed by atoms with E-state index in [-0.39, 0.29) is 18.0 Å². The first kappa shape index (κ1) is 17.4. The quantitative estimate of drug-likeness (QED) is 0.757. The van der Waals surface area contributed by atoms with Gasteiger partial charge >= 0.3 is 6.03 Å². The molecule has 0 aromatic heterocycles. The third-order valence-electron chi connectivity index (χ3n) is 3.89. The van der Waals surface area contributed by atoms with Gasteiger partial charge in [0.05, 0.1) is 13.2 Å². The van der Waals surface area contributed by atoms with Crippen LogP contribution in [0.5, 0.6) is 0 Å². The van der Waals surface area contributed by atoms with Crippen molar-refractivity contribution in [3.63, 3.8) is 0 Å². The average Bonchev–Trinajstić information content (AvgIpc) is 2.66. The molecule has 0 radical (unpaired) electrons. The summed E-state index contributed by atoms with van der Waals surface area (Å²) in [5.41, 5.74) is 6.37. The van der Waals surface area contributed by atoms with Gasteiger partial charge in [-0.3, -0.25) is 10.2 Å². The van der Waals surface area contributed by atoms with Crippen LogP contribution in [0.2, 0.25) is 0 Å². The molecule has 2 aromatic carbocycles. The highest BCUT2D eigenvalue weighted by molar-refractivity contribution is 9.10. The Bertz CT molecular complexity index is 754. The Morgan fingerprint density at radius 1 is 1.08 bits per heavy atom. The molecule has 7 heteroatoms. The Kier molecular flexibility index (Phi) is 5.67. The van der Waals surface area contributed by atoms with Crippen molar-refractivity contribution in [3.8, 4) is 0 Å². The molecule has 1 aliphatic rings. The largest absolute Gasteiger partial charge is 0.370 e. The third-order valence-corrected chi connectivity index (χ3v) is 4.39. The van der Waals surface area contributed by atoms with E-state index in [0.29, 0.717) is 25.3 Å². The predicted octanol–water partition coefficient (Wildman–Crippen LogP) is 2.88. The molecule has 0 saturated carbocycles. The van der Waals surface area contributed by atoms with Crippen molar-refractivity contribution >= 4 is 27.9 Å². The summed E-state index contributed by atoms with van der Waals surface area (Å²) in [5.74, 6) is -0.356. The van der Waals surface area contributed by atoms with Crippen molar-refractivity contribution < 1.29 is 14.3 Å². The summed E-state index contributed by atoms with van der Waals surface area (Å²) < 4.78 is 6.73. The van der Waals surface area contributed by atoms with Crippen LogP contribution < -0.4 is 10.9 Å². The van der Waals surface area contributed by atoms with Crippen molar-refractivity contribution in [1.29, 1.82) is 0 Å². The van der Waals surface area contributed by atoms with Gasteiger partial charge in [0.15, 0.2) is 0 Å². The minimum Gasteiger partial charge on any atom is -0.370 e. The predicted molar refractivity (Wildman–Crippen MR) is 96.8 cm³/mol. The zero-order valence-electron chi connectivity index (χ0n) is 13.4. The van der Waals surface area contributed by atoms with Gasteiger partial charge in [0.2, 0.25) is 0 Å². The summed E-state index contributed by atoms with van der Waals surface area (Å²) in [6.07, 6.45) is -0.193. The number of halogens is 1. The highest BCUT2D eigenvalue weighted by Gasteiger charge is 2.25. The Balaban J connectivity index is 1.56. The maximum Gasteiger partial charge on any atom is 0.336 e. The van der Waals surface area contributed by atoms with Gasteiger partial charge in [0.1, 0.15) is 6.10 Å². The average molecular weight is 404 g/mol. The lowest BCUT2D eigenvalue weighted by Gasteiger charge is -2.33. The number of hydrogen-bond donors (Lipinski definition) is 2. The van der Waals surface area contributed by atoms with Gasteiger partial charge in [-0.15, -0.1) is 0 Å². The molecule has 3 rings (SSSR count). The molecule has 1 unspecified atom stereocenters. The molecule has 1 aliphatic heterocycles. The fourth-order valence-electron chi connectivity index (χ4n) is 2.59. The first-order valence-corrected chi connectivity index (χ1v) is 8.70. The van der Waals surface area contributed by atoms with Crippen molar-refractivity contribution in [2.24, 2.45) is 0 Å². The van der Waals surface area contributed by atoms with E-state index in [2.05, 4.69) is 26.8 Å². The Morgan fingerprint density at radius 3 is 2.64 bits per heavy atom. The lowest BCUT2D eigenvalue weighted by Crippen LogP contribution is -2.52. The number of carbonyl (C=O) groups excluding carboxylic acids is 2. The number of rotatable bonds is 2. The van der Waals surface area contributed by atoms with Gasteiger partial charge in [-0.1, -0.05) is 46.3 Å². The molecule has 0 aliphatic carbocycles. The van der Waals surface area contributed by atoms with E-state index < -0.39 is 0 Å². The lowest BCUT2D eigenvalue weighted by atomic mass is 10.1. The number of carbonyl (C=O) groups is 2. The maximum atomic E-state index is 12.3. The fourth-order valence-corrected chi connectivity index (χ4v) is 3.01. The molecular weight excluding hydrogens is 386 g/mol. The second kappa shape index (κ2) is 8.13. The molecule has 2 N–H and O–H groups in total. The lowest BCUT2D eigenvalue weighted by molar-refractivity contribution is -0.0158. The molecule has 6 nitrogen and oxygen atoms in total. The monoisotopic (exact) mass is 403 g/mol. The molecule has 130 valence electrons. The van der Waals surface area contributed by atoms with E-state index in [1.165, 1.54) is 0 Å². The normalized spacial score (nSPS) is 17.0. The molecular formula is C18H18BrN3O3. The first-order chi connectivity index (χ1) is 12.1. The van der Waals surface area contributed by atoms with Crippen molar-refractivity contribution in [2.75, 3.05) is 19.7 Å². The second-order valence-electron chi connectivity index (χ2n) is 5.61. The molecule has 3 amide bonds. The number of hydrazine groups is 1. The van der Waals surface area contributed by atoms with E-state index in [4.69, 9.17) is 4.74 Å². The topological polar surface area (TPSA) is 70.7 Å². The maximum absolute atomic E-state index is 12.3. The standard InChI is InChI=1S/C18H18BrN3O3/c19-15-8-4-7-14(11-15)16-12-22(9-10-25-16)18(24)21-20-17(23)13-5-2-1-3-6-13/h1-8,11,16H,9-10,12H2,(H,20,23)(H,21,24). The second-order valence-corrected chi connectivity index (χ2v) is 6.53. The highest BCUT2D eigenvalue weighted by Crippen LogP contribution is 2.24. The van der Waals surface area contributed by atoms with Crippen LogP contribution >= 0.6 is 15.9 Å². The third kappa shape index (κ3) is 4.58. The van der Waals surface area contributed by atoms with Crippen LogP contribution in [-0.2, 0) is 4.74 Å². The molecule has 1 atom stereocenters. The van der Waals surface area contributed by atoms with Crippen LogP contribution in [0, 0.1) is 0 Å². The van der Waals surface area contributed by atoms with E-state index in [0.717, 1.165) is 10.0 Å². The van der Waals surface area contributed by atoms with Gasteiger partial charge < -0.3 is 9.64 Å². The van der Waals surface area contributed by atoms with Crippen LogP contribution in [0.3, 0.4) is 0 Å². The molecule has 0 bridgehead atoms. The number of amides is 3. The zero-order valence-corrected chi connectivity index (χ0v) is 15.0. The van der Waals surface area contributed by atoms with E-state index in [1.807, 2.05) is 30.3 Å². The summed E-state index contributed by atoms with van der Waals surface area (Å²) in [6.45, 7) is 1.33. The molecule has 0 spiro atoms. The van der Waals surface area contributed by atoms with Gasteiger partial charge in [0.25, 0.3) is 5.91 Å². The first-order valence-electron chi connectivity index (χ1n) is 7.91. The van der Waals surface area contributed by atoms with Gasteiger partial charge in [-0.25, -0.2) is 10.2 Å². The summed E-state index contributed by atoms with van der Waals surface area (Å²) >= 11 is 3.44. The Morgan fingerprint density at radius 2 is 1.88 bits per heavy atom. The number of ether oxygens (including phenoxy) is 1. The number of nitrogens with one attached hydrogen (secondary N) is 2. The summed E-state index contributed by atoms with van der Waals surface area (Å²) in [5, 5.41) is 0. The van der Waals surface area contributed by atoms with Crippen LogP contribution in [0.1, 0.15) is 22.0 Å². The molecule has 2 aromatic rings. The fraction of sp³-hybridized carbons (Fsp3) is 0.222. The molecule has 1 saturated heterocycles.